The lowest BCUT2D eigenvalue weighted by Crippen LogP contribution is -2.42. The van der Waals surface area contributed by atoms with E-state index in [1.807, 2.05) is 20.8 Å². The van der Waals surface area contributed by atoms with Gasteiger partial charge in [0.1, 0.15) is 5.60 Å². The van der Waals surface area contributed by atoms with Crippen LogP contribution in [0, 0.1) is 0 Å². The number of hydrogen-bond acceptors (Lipinski definition) is 4. The highest BCUT2D eigenvalue weighted by Crippen LogP contribution is 2.31. The Balaban J connectivity index is 2.18. The van der Waals surface area contributed by atoms with Gasteiger partial charge in [-0.3, -0.25) is 10.00 Å². The molecule has 0 saturated carbocycles. The van der Waals surface area contributed by atoms with Crippen LogP contribution < -0.4 is 0 Å². The van der Waals surface area contributed by atoms with Crippen molar-refractivity contribution in [3.63, 3.8) is 0 Å². The third-order valence-electron chi connectivity index (χ3n) is 3.31. The van der Waals surface area contributed by atoms with Gasteiger partial charge in [0.25, 0.3) is 0 Å². The van der Waals surface area contributed by atoms with Crippen molar-refractivity contribution in [3.8, 4) is 0 Å². The Morgan fingerprint density at radius 1 is 1.43 bits per heavy atom. The molecule has 0 unspecified atom stereocenters. The number of aromatic amines is 1. The summed E-state index contributed by atoms with van der Waals surface area (Å²) in [5.74, 6) is -1.09. The zero-order chi connectivity index (χ0) is 15.6. The van der Waals surface area contributed by atoms with Crippen molar-refractivity contribution in [2.45, 2.75) is 51.7 Å². The molecule has 1 aromatic rings. The number of carboxylic acid groups (broad SMARTS) is 1. The van der Waals surface area contributed by atoms with E-state index < -0.39 is 11.6 Å². The Morgan fingerprint density at radius 3 is 2.71 bits per heavy atom. The van der Waals surface area contributed by atoms with Crippen LogP contribution in [0.15, 0.2) is 6.07 Å². The number of piperidine rings is 1. The van der Waals surface area contributed by atoms with E-state index in [-0.39, 0.29) is 17.8 Å². The van der Waals surface area contributed by atoms with Crippen molar-refractivity contribution in [2.24, 2.45) is 0 Å². The molecule has 0 spiro atoms. The predicted octanol–water partition coefficient (Wildman–Crippen LogP) is 2.57. The standard InChI is InChI=1S/C14H21N3O4/c1-14(2,3)21-13(20)17-7-5-4-6-11(17)9-8-10(12(18)19)16-15-9/h8,11H,4-7H2,1-3H3,(H,15,16)(H,18,19)/t11-/m1/s1. The van der Waals surface area contributed by atoms with Gasteiger partial charge in [0, 0.05) is 6.54 Å². The van der Waals surface area contributed by atoms with Gasteiger partial charge in [0.2, 0.25) is 0 Å². The van der Waals surface area contributed by atoms with Gasteiger partial charge in [0.05, 0.1) is 11.7 Å². The first-order valence-electron chi connectivity index (χ1n) is 7.06. The highest BCUT2D eigenvalue weighted by atomic mass is 16.6. The van der Waals surface area contributed by atoms with Crippen molar-refractivity contribution >= 4 is 12.1 Å². The second-order valence-corrected chi connectivity index (χ2v) is 6.20. The van der Waals surface area contributed by atoms with Crippen LogP contribution in [-0.2, 0) is 4.74 Å². The van der Waals surface area contributed by atoms with E-state index in [1.165, 1.54) is 6.07 Å². The Hall–Kier alpha value is -2.05. The minimum atomic E-state index is -1.09. The molecule has 1 aliphatic heterocycles. The summed E-state index contributed by atoms with van der Waals surface area (Å²) >= 11 is 0. The molecule has 1 atom stereocenters. The van der Waals surface area contributed by atoms with E-state index in [0.29, 0.717) is 12.2 Å². The molecule has 2 N–H and O–H groups in total. The monoisotopic (exact) mass is 295 g/mol. The molecule has 21 heavy (non-hydrogen) atoms. The summed E-state index contributed by atoms with van der Waals surface area (Å²) < 4.78 is 5.42. The van der Waals surface area contributed by atoms with Gasteiger partial charge in [-0.05, 0) is 46.1 Å². The van der Waals surface area contributed by atoms with E-state index in [9.17, 15) is 9.59 Å². The van der Waals surface area contributed by atoms with Gasteiger partial charge >= 0.3 is 12.1 Å². The van der Waals surface area contributed by atoms with Crippen molar-refractivity contribution in [2.75, 3.05) is 6.54 Å². The summed E-state index contributed by atoms with van der Waals surface area (Å²) in [7, 11) is 0. The van der Waals surface area contributed by atoms with E-state index in [4.69, 9.17) is 9.84 Å². The number of aromatic carboxylic acids is 1. The predicted molar refractivity (Wildman–Crippen MR) is 75.1 cm³/mol. The van der Waals surface area contributed by atoms with Crippen LogP contribution in [0.25, 0.3) is 0 Å². The summed E-state index contributed by atoms with van der Waals surface area (Å²) in [4.78, 5) is 24.9. The molecule has 116 valence electrons. The molecule has 2 heterocycles. The van der Waals surface area contributed by atoms with Crippen LogP contribution in [0.2, 0.25) is 0 Å². The van der Waals surface area contributed by atoms with Crippen LogP contribution in [0.1, 0.15) is 62.3 Å². The summed E-state index contributed by atoms with van der Waals surface area (Å²) in [6, 6.07) is 1.27. The van der Waals surface area contributed by atoms with Crippen molar-refractivity contribution in [3.05, 3.63) is 17.5 Å². The highest BCUT2D eigenvalue weighted by Gasteiger charge is 2.32. The number of aromatic nitrogens is 2. The lowest BCUT2D eigenvalue weighted by atomic mass is 10.00. The van der Waals surface area contributed by atoms with Gasteiger partial charge in [0.15, 0.2) is 5.69 Å². The number of rotatable bonds is 2. The molecule has 0 aromatic carbocycles. The van der Waals surface area contributed by atoms with Crippen LogP contribution >= 0.6 is 0 Å². The molecule has 7 nitrogen and oxygen atoms in total. The number of nitrogens with zero attached hydrogens (tertiary/aromatic N) is 2. The SMILES string of the molecule is CC(C)(C)OC(=O)N1CCCC[C@@H]1c1cc(C(=O)O)n[nH]1. The van der Waals surface area contributed by atoms with Crippen molar-refractivity contribution in [1.82, 2.24) is 15.1 Å². The number of H-pyrrole nitrogens is 1. The average molecular weight is 295 g/mol. The Bertz CT molecular complexity index is 533. The maximum Gasteiger partial charge on any atom is 0.410 e. The molecule has 1 aromatic heterocycles. The van der Waals surface area contributed by atoms with Gasteiger partial charge in [-0.2, -0.15) is 5.10 Å². The van der Waals surface area contributed by atoms with Gasteiger partial charge in [-0.25, -0.2) is 9.59 Å². The van der Waals surface area contributed by atoms with Gasteiger partial charge < -0.3 is 9.84 Å². The Kier molecular flexibility index (Phi) is 4.20. The van der Waals surface area contributed by atoms with E-state index in [2.05, 4.69) is 10.2 Å². The smallest absolute Gasteiger partial charge is 0.410 e. The van der Waals surface area contributed by atoms with Crippen LogP contribution in [0.3, 0.4) is 0 Å². The third kappa shape index (κ3) is 3.74. The fourth-order valence-electron chi connectivity index (χ4n) is 2.41. The molecule has 1 aliphatic rings. The molecule has 0 aliphatic carbocycles. The molecule has 0 radical (unpaired) electrons. The molecular weight excluding hydrogens is 274 g/mol. The average Bonchev–Trinajstić information content (AvgIpc) is 2.86. The molecule has 1 amide bonds. The number of carboxylic acids is 1. The number of ether oxygens (including phenoxy) is 1. The maximum atomic E-state index is 12.3. The third-order valence-corrected chi connectivity index (χ3v) is 3.31. The zero-order valence-electron chi connectivity index (χ0n) is 12.5. The number of carbonyl (C=O) groups is 2. The lowest BCUT2D eigenvalue weighted by molar-refractivity contribution is 0.00899. The normalized spacial score (nSPS) is 19.4. The molecule has 7 heteroatoms. The summed E-state index contributed by atoms with van der Waals surface area (Å²) in [6.07, 6.45) is 2.28. The highest BCUT2D eigenvalue weighted by molar-refractivity contribution is 5.85. The topological polar surface area (TPSA) is 95.5 Å². The van der Waals surface area contributed by atoms with Gasteiger partial charge in [-0.1, -0.05) is 0 Å². The summed E-state index contributed by atoms with van der Waals surface area (Å²) in [6.45, 7) is 6.06. The minimum Gasteiger partial charge on any atom is -0.476 e. The Labute approximate surface area is 123 Å². The zero-order valence-corrected chi connectivity index (χ0v) is 12.5. The fraction of sp³-hybridized carbons (Fsp3) is 0.643. The van der Waals surface area contributed by atoms with E-state index in [0.717, 1.165) is 19.3 Å². The Morgan fingerprint density at radius 2 is 2.14 bits per heavy atom. The van der Waals surface area contributed by atoms with Crippen molar-refractivity contribution in [1.29, 1.82) is 0 Å². The van der Waals surface area contributed by atoms with Crippen molar-refractivity contribution < 1.29 is 19.4 Å². The number of nitrogens with one attached hydrogen (secondary N) is 1. The van der Waals surface area contributed by atoms with Crippen LogP contribution in [0.5, 0.6) is 0 Å². The number of hydrogen-bond donors (Lipinski definition) is 2. The molecule has 0 bridgehead atoms. The fourth-order valence-corrected chi connectivity index (χ4v) is 2.41. The van der Waals surface area contributed by atoms with E-state index in [1.54, 1.807) is 4.90 Å². The number of carbonyl (C=O) groups excluding carboxylic acids is 1. The lowest BCUT2D eigenvalue weighted by Gasteiger charge is -2.36. The molecular formula is C14H21N3O4. The number of amides is 1. The number of likely N-dealkylation sites (tertiary alicyclic amines) is 1. The minimum absolute atomic E-state index is 0.0419. The largest absolute Gasteiger partial charge is 0.476 e. The molecule has 1 fully saturated rings. The first kappa shape index (κ1) is 15.3. The van der Waals surface area contributed by atoms with Crippen LogP contribution in [0.4, 0.5) is 4.79 Å². The van der Waals surface area contributed by atoms with Crippen LogP contribution in [-0.4, -0.2) is 44.4 Å². The molecule has 1 saturated heterocycles. The second kappa shape index (κ2) is 5.75. The summed E-state index contributed by atoms with van der Waals surface area (Å²) in [5.41, 5.74) is 0.0388. The van der Waals surface area contributed by atoms with E-state index >= 15 is 0 Å². The first-order chi connectivity index (χ1) is 9.78. The quantitative estimate of drug-likeness (QED) is 0.874. The molecule has 2 rings (SSSR count). The van der Waals surface area contributed by atoms with Gasteiger partial charge in [-0.15, -0.1) is 0 Å². The first-order valence-corrected chi connectivity index (χ1v) is 7.06. The second-order valence-electron chi connectivity index (χ2n) is 6.20. The maximum absolute atomic E-state index is 12.3. The summed E-state index contributed by atoms with van der Waals surface area (Å²) in [5, 5.41) is 15.4.